The molecule has 0 bridgehead atoms. The molecule has 1 aliphatic heterocycles. The van der Waals surface area contributed by atoms with Crippen LogP contribution in [0.5, 0.6) is 0 Å². The minimum Gasteiger partial charge on any atom is -0.460 e. The van der Waals surface area contributed by atoms with Crippen LogP contribution in [0.3, 0.4) is 0 Å². The molecule has 0 amide bonds. The number of nitrogens with zero attached hydrogens (tertiary/aromatic N) is 2. The van der Waals surface area contributed by atoms with Crippen LogP contribution in [0.15, 0.2) is 52.3 Å². The first-order chi connectivity index (χ1) is 16.6. The van der Waals surface area contributed by atoms with Crippen LogP contribution in [0.25, 0.3) is 0 Å². The van der Waals surface area contributed by atoms with Gasteiger partial charge in [-0.15, -0.1) is 0 Å². The van der Waals surface area contributed by atoms with Gasteiger partial charge in [0.1, 0.15) is 5.60 Å². The standard InChI is InChI=1S/C24H32IN3O6S2/c1-24(2,3)34-23(29)17-12-14-28(15-13-17)22-11-6-18(25)16-21(22)26-35(30,31)19-7-9-20(10-8-19)36(32,33)27(4)5/h6-11,16-17,26H,12-15H2,1-5H3. The molecule has 1 saturated heterocycles. The fourth-order valence-corrected chi connectivity index (χ4v) is 6.27. The van der Waals surface area contributed by atoms with Gasteiger partial charge in [0.15, 0.2) is 0 Å². The highest BCUT2D eigenvalue weighted by atomic mass is 127. The van der Waals surface area contributed by atoms with Gasteiger partial charge in [-0.3, -0.25) is 9.52 Å². The molecule has 0 radical (unpaired) electrons. The third-order valence-corrected chi connectivity index (χ3v) is 9.57. The van der Waals surface area contributed by atoms with Crippen molar-refractivity contribution in [3.63, 3.8) is 0 Å². The Hall–Kier alpha value is -1.90. The summed E-state index contributed by atoms with van der Waals surface area (Å²) in [5, 5.41) is 0. The van der Waals surface area contributed by atoms with E-state index in [1.165, 1.54) is 38.4 Å². The third-order valence-electron chi connectivity index (χ3n) is 5.69. The van der Waals surface area contributed by atoms with Gasteiger partial charge in [0.05, 0.1) is 27.1 Å². The number of halogens is 1. The number of ether oxygens (including phenoxy) is 1. The van der Waals surface area contributed by atoms with Crippen LogP contribution in [-0.2, 0) is 29.6 Å². The van der Waals surface area contributed by atoms with Crippen molar-refractivity contribution in [1.29, 1.82) is 0 Å². The zero-order chi connectivity index (χ0) is 26.9. The summed E-state index contributed by atoms with van der Waals surface area (Å²) in [6, 6.07) is 10.6. The van der Waals surface area contributed by atoms with Crippen molar-refractivity contribution >= 4 is 60.0 Å². The molecular weight excluding hydrogens is 617 g/mol. The number of hydrogen-bond donors (Lipinski definition) is 1. The highest BCUT2D eigenvalue weighted by Crippen LogP contribution is 2.33. The maximum atomic E-state index is 13.2. The molecule has 12 heteroatoms. The fourth-order valence-electron chi connectivity index (χ4n) is 3.81. The topological polar surface area (TPSA) is 113 Å². The van der Waals surface area contributed by atoms with E-state index < -0.39 is 25.6 Å². The lowest BCUT2D eigenvalue weighted by molar-refractivity contribution is -0.160. The number of hydrogen-bond acceptors (Lipinski definition) is 7. The zero-order valence-electron chi connectivity index (χ0n) is 21.0. The van der Waals surface area contributed by atoms with E-state index >= 15 is 0 Å². The fraction of sp³-hybridized carbons (Fsp3) is 0.458. The number of piperidine rings is 1. The van der Waals surface area contributed by atoms with Crippen LogP contribution < -0.4 is 9.62 Å². The summed E-state index contributed by atoms with van der Waals surface area (Å²) in [7, 11) is -4.82. The maximum Gasteiger partial charge on any atom is 0.309 e. The number of carbonyl (C=O) groups is 1. The van der Waals surface area contributed by atoms with Gasteiger partial charge in [0.25, 0.3) is 10.0 Å². The van der Waals surface area contributed by atoms with E-state index in [4.69, 9.17) is 4.74 Å². The largest absolute Gasteiger partial charge is 0.460 e. The van der Waals surface area contributed by atoms with Crippen molar-refractivity contribution in [3.05, 3.63) is 46.0 Å². The summed E-state index contributed by atoms with van der Waals surface area (Å²) in [4.78, 5) is 14.5. The van der Waals surface area contributed by atoms with Crippen LogP contribution in [0.1, 0.15) is 33.6 Å². The van der Waals surface area contributed by atoms with E-state index in [9.17, 15) is 21.6 Å². The molecule has 0 saturated carbocycles. The highest BCUT2D eigenvalue weighted by Gasteiger charge is 2.30. The third kappa shape index (κ3) is 6.90. The van der Waals surface area contributed by atoms with Crippen LogP contribution in [-0.4, -0.2) is 59.9 Å². The zero-order valence-corrected chi connectivity index (χ0v) is 24.8. The lowest BCUT2D eigenvalue weighted by Gasteiger charge is -2.35. The van der Waals surface area contributed by atoms with Crippen LogP contribution in [0, 0.1) is 9.49 Å². The quantitative estimate of drug-likeness (QED) is 0.358. The van der Waals surface area contributed by atoms with Crippen molar-refractivity contribution < 1.29 is 26.4 Å². The number of benzene rings is 2. The normalized spacial score (nSPS) is 15.7. The van der Waals surface area contributed by atoms with Crippen molar-refractivity contribution in [1.82, 2.24) is 4.31 Å². The molecule has 0 aromatic heterocycles. The molecule has 0 atom stereocenters. The minimum atomic E-state index is -3.98. The van der Waals surface area contributed by atoms with E-state index in [-0.39, 0.29) is 21.7 Å². The monoisotopic (exact) mass is 649 g/mol. The number of esters is 1. The summed E-state index contributed by atoms with van der Waals surface area (Å²) in [5.41, 5.74) is 0.598. The molecule has 9 nitrogen and oxygen atoms in total. The van der Waals surface area contributed by atoms with Gasteiger partial charge in [-0.2, -0.15) is 0 Å². The number of carbonyl (C=O) groups excluding carboxylic acids is 1. The van der Waals surface area contributed by atoms with Crippen molar-refractivity contribution in [2.75, 3.05) is 36.8 Å². The van der Waals surface area contributed by atoms with E-state index in [0.717, 1.165) is 7.88 Å². The van der Waals surface area contributed by atoms with Crippen LogP contribution >= 0.6 is 22.6 Å². The molecule has 0 aliphatic carbocycles. The first-order valence-corrected chi connectivity index (χ1v) is 15.4. The molecule has 0 unspecified atom stereocenters. The summed E-state index contributed by atoms with van der Waals surface area (Å²) >= 11 is 2.12. The van der Waals surface area contributed by atoms with E-state index in [2.05, 4.69) is 32.2 Å². The summed E-state index contributed by atoms with van der Waals surface area (Å²) in [6.45, 7) is 6.70. The van der Waals surface area contributed by atoms with Crippen molar-refractivity contribution in [3.8, 4) is 0 Å². The Labute approximate surface area is 227 Å². The summed E-state index contributed by atoms with van der Waals surface area (Å²) < 4.78 is 61.0. The average molecular weight is 650 g/mol. The molecule has 1 heterocycles. The Kier molecular flexibility index (Phi) is 8.63. The van der Waals surface area contributed by atoms with Gasteiger partial charge in [-0.25, -0.2) is 21.1 Å². The van der Waals surface area contributed by atoms with Crippen LogP contribution in [0.4, 0.5) is 11.4 Å². The second kappa shape index (κ2) is 10.8. The SMILES string of the molecule is CN(C)S(=O)(=O)c1ccc(S(=O)(=O)Nc2cc(I)ccc2N2CCC(C(=O)OC(C)(C)C)CC2)cc1. The van der Waals surface area contributed by atoms with E-state index in [1.54, 1.807) is 6.07 Å². The van der Waals surface area contributed by atoms with E-state index in [1.807, 2.05) is 32.9 Å². The molecule has 198 valence electrons. The number of nitrogens with one attached hydrogen (secondary N) is 1. The smallest absolute Gasteiger partial charge is 0.309 e. The molecule has 36 heavy (non-hydrogen) atoms. The van der Waals surface area contributed by atoms with Gasteiger partial charge >= 0.3 is 5.97 Å². The Morgan fingerprint density at radius 1 is 1.00 bits per heavy atom. The molecule has 2 aromatic rings. The Morgan fingerprint density at radius 2 is 1.56 bits per heavy atom. The Balaban J connectivity index is 1.79. The predicted molar refractivity (Wildman–Crippen MR) is 148 cm³/mol. The van der Waals surface area contributed by atoms with Gasteiger partial charge < -0.3 is 9.64 Å². The summed E-state index contributed by atoms with van der Waals surface area (Å²) in [6.07, 6.45) is 1.21. The van der Waals surface area contributed by atoms with Gasteiger partial charge in [0, 0.05) is 30.8 Å². The molecular formula is C24H32IN3O6S2. The second-order valence-corrected chi connectivity index (χ2v) is 14.9. The lowest BCUT2D eigenvalue weighted by Crippen LogP contribution is -2.39. The van der Waals surface area contributed by atoms with Crippen LogP contribution in [0.2, 0.25) is 0 Å². The van der Waals surface area contributed by atoms with Gasteiger partial charge in [0.2, 0.25) is 10.0 Å². The van der Waals surface area contributed by atoms with Crippen molar-refractivity contribution in [2.45, 2.75) is 49.0 Å². The maximum absolute atomic E-state index is 13.2. The number of rotatable bonds is 7. The Morgan fingerprint density at radius 3 is 2.08 bits per heavy atom. The molecule has 2 aromatic carbocycles. The number of anilines is 2. The highest BCUT2D eigenvalue weighted by molar-refractivity contribution is 14.1. The first-order valence-electron chi connectivity index (χ1n) is 11.4. The van der Waals surface area contributed by atoms with Gasteiger partial charge in [-0.05, 0) is 98.7 Å². The molecule has 1 N–H and O–H groups in total. The lowest BCUT2D eigenvalue weighted by atomic mass is 9.96. The molecule has 0 spiro atoms. The van der Waals surface area contributed by atoms with E-state index in [0.29, 0.717) is 37.3 Å². The molecule has 1 aliphatic rings. The Bertz CT molecular complexity index is 1310. The predicted octanol–water partition coefficient (Wildman–Crippen LogP) is 3.90. The first kappa shape index (κ1) is 28.7. The number of sulfonamides is 2. The summed E-state index contributed by atoms with van der Waals surface area (Å²) in [5.74, 6) is -0.396. The molecule has 3 rings (SSSR count). The minimum absolute atomic E-state index is 0.00857. The second-order valence-electron chi connectivity index (χ2n) is 9.82. The van der Waals surface area contributed by atoms with Gasteiger partial charge in [-0.1, -0.05) is 0 Å². The molecule has 1 fully saturated rings. The van der Waals surface area contributed by atoms with Crippen molar-refractivity contribution in [2.24, 2.45) is 5.92 Å². The average Bonchev–Trinajstić information content (AvgIpc) is 2.78.